The van der Waals surface area contributed by atoms with Gasteiger partial charge < -0.3 is 10.1 Å². The second-order valence-corrected chi connectivity index (χ2v) is 4.68. The number of methoxy groups -OCH3 is 1. The van der Waals surface area contributed by atoms with E-state index in [1.165, 1.54) is 29.4 Å². The molecule has 1 unspecified atom stereocenters. The molecule has 3 heteroatoms. The van der Waals surface area contributed by atoms with Gasteiger partial charge in [0.15, 0.2) is 0 Å². The molecule has 0 aromatic heterocycles. The second kappa shape index (κ2) is 6.55. The van der Waals surface area contributed by atoms with Gasteiger partial charge in [0.25, 0.3) is 0 Å². The molecule has 0 aliphatic carbocycles. The highest BCUT2D eigenvalue weighted by molar-refractivity contribution is 5.70. The minimum atomic E-state index is -0.182. The lowest BCUT2D eigenvalue weighted by Gasteiger charge is -2.20. The minimum Gasteiger partial charge on any atom is -0.469 e. The lowest BCUT2D eigenvalue weighted by Crippen LogP contribution is -2.25. The fourth-order valence-corrected chi connectivity index (χ4v) is 2.15. The maximum Gasteiger partial charge on any atom is 0.307 e. The number of hydrogen-bond donors (Lipinski definition) is 1. The highest BCUT2D eigenvalue weighted by atomic mass is 16.5. The number of benzene rings is 1. The molecule has 0 fully saturated rings. The molecule has 100 valence electrons. The molecule has 0 aliphatic rings. The summed E-state index contributed by atoms with van der Waals surface area (Å²) in [5, 5.41) is 3.35. The van der Waals surface area contributed by atoms with Crippen LogP contribution in [0.4, 0.5) is 0 Å². The molecule has 0 bridgehead atoms. The number of ether oxygens (including phenoxy) is 1. The van der Waals surface area contributed by atoms with Crippen molar-refractivity contribution in [1.82, 2.24) is 5.32 Å². The molecule has 1 aromatic rings. The van der Waals surface area contributed by atoms with Crippen molar-refractivity contribution in [3.63, 3.8) is 0 Å². The summed E-state index contributed by atoms with van der Waals surface area (Å²) in [5.41, 5.74) is 4.94. The van der Waals surface area contributed by atoms with Crippen LogP contribution in [0.2, 0.25) is 0 Å². The normalized spacial score (nSPS) is 12.3. The Balaban J connectivity index is 3.05. The van der Waals surface area contributed by atoms with Crippen molar-refractivity contribution < 1.29 is 9.53 Å². The Morgan fingerprint density at radius 3 is 2.39 bits per heavy atom. The van der Waals surface area contributed by atoms with E-state index < -0.39 is 0 Å². The standard InChI is InChI=1S/C15H23NO2/c1-6-16-14(9-15(17)18-5)13-8-11(3)10(2)7-12(13)4/h7-8,14,16H,6,9H2,1-5H3. The quantitative estimate of drug-likeness (QED) is 0.815. The fraction of sp³-hybridized carbons (Fsp3) is 0.533. The van der Waals surface area contributed by atoms with E-state index in [-0.39, 0.29) is 12.0 Å². The van der Waals surface area contributed by atoms with Crippen molar-refractivity contribution in [2.45, 2.75) is 40.2 Å². The van der Waals surface area contributed by atoms with E-state index in [1.807, 2.05) is 6.92 Å². The van der Waals surface area contributed by atoms with Crippen molar-refractivity contribution in [3.8, 4) is 0 Å². The lowest BCUT2D eigenvalue weighted by molar-refractivity contribution is -0.141. The topological polar surface area (TPSA) is 38.3 Å². The van der Waals surface area contributed by atoms with Crippen LogP contribution in [-0.4, -0.2) is 19.6 Å². The van der Waals surface area contributed by atoms with E-state index in [0.29, 0.717) is 6.42 Å². The van der Waals surface area contributed by atoms with Crippen LogP contribution in [0.3, 0.4) is 0 Å². The summed E-state index contributed by atoms with van der Waals surface area (Å²) in [5.74, 6) is -0.182. The molecule has 0 spiro atoms. The summed E-state index contributed by atoms with van der Waals surface area (Å²) in [6.45, 7) is 9.16. The third kappa shape index (κ3) is 3.57. The highest BCUT2D eigenvalue weighted by Crippen LogP contribution is 2.24. The summed E-state index contributed by atoms with van der Waals surface area (Å²) in [4.78, 5) is 11.5. The first kappa shape index (κ1) is 14.7. The SMILES string of the molecule is CCNC(CC(=O)OC)c1cc(C)c(C)cc1C. The van der Waals surface area contributed by atoms with Crippen LogP contribution in [0.5, 0.6) is 0 Å². The number of nitrogens with one attached hydrogen (secondary N) is 1. The predicted molar refractivity (Wildman–Crippen MR) is 73.7 cm³/mol. The van der Waals surface area contributed by atoms with Gasteiger partial charge in [-0.2, -0.15) is 0 Å². The van der Waals surface area contributed by atoms with E-state index in [4.69, 9.17) is 4.74 Å². The maximum absolute atomic E-state index is 11.5. The summed E-state index contributed by atoms with van der Waals surface area (Å²) in [6.07, 6.45) is 0.369. The molecule has 18 heavy (non-hydrogen) atoms. The summed E-state index contributed by atoms with van der Waals surface area (Å²) in [6, 6.07) is 4.37. The number of carbonyl (C=O) groups excluding carboxylic acids is 1. The fourth-order valence-electron chi connectivity index (χ4n) is 2.15. The number of rotatable bonds is 5. The van der Waals surface area contributed by atoms with Gasteiger partial charge in [-0.1, -0.05) is 19.1 Å². The third-order valence-electron chi connectivity index (χ3n) is 3.31. The smallest absolute Gasteiger partial charge is 0.307 e. The van der Waals surface area contributed by atoms with Crippen molar-refractivity contribution in [1.29, 1.82) is 0 Å². The van der Waals surface area contributed by atoms with Crippen LogP contribution in [0.25, 0.3) is 0 Å². The zero-order chi connectivity index (χ0) is 13.7. The van der Waals surface area contributed by atoms with Gasteiger partial charge in [0.05, 0.1) is 13.5 Å². The Bertz CT molecular complexity index is 427. The van der Waals surface area contributed by atoms with E-state index in [1.54, 1.807) is 0 Å². The monoisotopic (exact) mass is 249 g/mol. The Labute approximate surface area is 110 Å². The van der Waals surface area contributed by atoms with Gasteiger partial charge in [0.1, 0.15) is 0 Å². The largest absolute Gasteiger partial charge is 0.469 e. The molecule has 1 rings (SSSR count). The average molecular weight is 249 g/mol. The second-order valence-electron chi connectivity index (χ2n) is 4.68. The zero-order valence-electron chi connectivity index (χ0n) is 12.0. The van der Waals surface area contributed by atoms with E-state index >= 15 is 0 Å². The van der Waals surface area contributed by atoms with Gasteiger partial charge in [-0.25, -0.2) is 0 Å². The van der Waals surface area contributed by atoms with Crippen LogP contribution >= 0.6 is 0 Å². The van der Waals surface area contributed by atoms with Crippen molar-refractivity contribution in [2.24, 2.45) is 0 Å². The summed E-state index contributed by atoms with van der Waals surface area (Å²) < 4.78 is 4.76. The highest BCUT2D eigenvalue weighted by Gasteiger charge is 2.17. The molecule has 0 saturated heterocycles. The molecule has 1 N–H and O–H groups in total. The van der Waals surface area contributed by atoms with Gasteiger partial charge in [0, 0.05) is 6.04 Å². The van der Waals surface area contributed by atoms with Crippen LogP contribution in [0.15, 0.2) is 12.1 Å². The average Bonchev–Trinajstić information content (AvgIpc) is 2.33. The van der Waals surface area contributed by atoms with Crippen LogP contribution in [0.1, 0.15) is 41.6 Å². The maximum atomic E-state index is 11.5. The first-order chi connectivity index (χ1) is 8.49. The van der Waals surface area contributed by atoms with Gasteiger partial charge in [-0.05, 0) is 49.6 Å². The Kier molecular flexibility index (Phi) is 5.35. The lowest BCUT2D eigenvalue weighted by atomic mass is 9.94. The predicted octanol–water partition coefficient (Wildman–Crippen LogP) is 2.83. The molecule has 0 heterocycles. The van der Waals surface area contributed by atoms with Crippen LogP contribution in [-0.2, 0) is 9.53 Å². The molecule has 0 radical (unpaired) electrons. The molecule has 0 saturated carbocycles. The molecular formula is C15H23NO2. The van der Waals surface area contributed by atoms with E-state index in [0.717, 1.165) is 6.54 Å². The van der Waals surface area contributed by atoms with Gasteiger partial charge >= 0.3 is 5.97 Å². The van der Waals surface area contributed by atoms with Gasteiger partial charge in [-0.3, -0.25) is 4.79 Å². The van der Waals surface area contributed by atoms with Crippen LogP contribution in [0, 0.1) is 20.8 Å². The molecule has 3 nitrogen and oxygen atoms in total. The molecule has 0 aliphatic heterocycles. The first-order valence-corrected chi connectivity index (χ1v) is 6.37. The Morgan fingerprint density at radius 1 is 1.22 bits per heavy atom. The Hall–Kier alpha value is -1.35. The van der Waals surface area contributed by atoms with E-state index in [9.17, 15) is 4.79 Å². The van der Waals surface area contributed by atoms with Crippen molar-refractivity contribution in [3.05, 3.63) is 34.4 Å². The Morgan fingerprint density at radius 2 is 1.83 bits per heavy atom. The molecule has 1 atom stereocenters. The third-order valence-corrected chi connectivity index (χ3v) is 3.31. The van der Waals surface area contributed by atoms with Crippen molar-refractivity contribution >= 4 is 5.97 Å². The molecule has 0 amide bonds. The van der Waals surface area contributed by atoms with Gasteiger partial charge in [-0.15, -0.1) is 0 Å². The first-order valence-electron chi connectivity index (χ1n) is 6.37. The summed E-state index contributed by atoms with van der Waals surface area (Å²) >= 11 is 0. The van der Waals surface area contributed by atoms with Gasteiger partial charge in [0.2, 0.25) is 0 Å². The van der Waals surface area contributed by atoms with Crippen molar-refractivity contribution in [2.75, 3.05) is 13.7 Å². The zero-order valence-corrected chi connectivity index (χ0v) is 12.0. The van der Waals surface area contributed by atoms with E-state index in [2.05, 4.69) is 38.2 Å². The minimum absolute atomic E-state index is 0.0294. The molecular weight excluding hydrogens is 226 g/mol. The molecule has 1 aromatic carbocycles. The number of aryl methyl sites for hydroxylation is 3. The number of carbonyl (C=O) groups is 1. The summed E-state index contributed by atoms with van der Waals surface area (Å²) in [7, 11) is 1.43. The number of esters is 1. The van der Waals surface area contributed by atoms with Crippen LogP contribution < -0.4 is 5.32 Å². The number of hydrogen-bond acceptors (Lipinski definition) is 3.